The van der Waals surface area contributed by atoms with Crippen molar-refractivity contribution in [2.75, 3.05) is 13.1 Å². The summed E-state index contributed by atoms with van der Waals surface area (Å²) in [5, 5.41) is 4.01. The lowest BCUT2D eigenvalue weighted by atomic mass is 10.1. The van der Waals surface area contributed by atoms with Gasteiger partial charge in [0.2, 0.25) is 5.91 Å². The smallest absolute Gasteiger partial charge is 0.264 e. The number of likely N-dealkylation sites (tertiary alicyclic amines) is 1. The number of aryl methyl sites for hydroxylation is 1. The maximum absolute atomic E-state index is 11.4. The van der Waals surface area contributed by atoms with Gasteiger partial charge in [0, 0.05) is 25.9 Å². The summed E-state index contributed by atoms with van der Waals surface area (Å²) in [6.45, 7) is 5.27. The average molecular weight is 301 g/mol. The number of ether oxygens (including phenoxy) is 1. The van der Waals surface area contributed by atoms with E-state index in [1.165, 1.54) is 5.56 Å². The van der Waals surface area contributed by atoms with Crippen molar-refractivity contribution in [2.24, 2.45) is 0 Å². The first-order valence-electron chi connectivity index (χ1n) is 7.39. The minimum atomic E-state index is 0.0916. The third kappa shape index (κ3) is 3.27. The lowest BCUT2D eigenvalue weighted by Crippen LogP contribution is -2.25. The molecule has 1 aliphatic heterocycles. The van der Waals surface area contributed by atoms with Crippen LogP contribution in [0.2, 0.25) is 0 Å². The molecule has 1 aromatic carbocycles. The molecule has 2 heterocycles. The number of hydrogen-bond acceptors (Lipinski definition) is 5. The number of carbonyl (C=O) groups excluding carboxylic acids is 1. The topological polar surface area (TPSA) is 68.5 Å². The van der Waals surface area contributed by atoms with Crippen LogP contribution >= 0.6 is 0 Å². The van der Waals surface area contributed by atoms with Gasteiger partial charge in [0.05, 0.1) is 0 Å². The standard InChI is InChI=1S/C16H19N3O3/c1-11-3-5-14(6-4-11)21-10-15-17-16(18-22-15)13-7-8-19(9-13)12(2)20/h3-6,13H,7-10H2,1-2H3. The van der Waals surface area contributed by atoms with Gasteiger partial charge >= 0.3 is 0 Å². The van der Waals surface area contributed by atoms with E-state index in [9.17, 15) is 4.79 Å². The van der Waals surface area contributed by atoms with E-state index in [1.54, 1.807) is 6.92 Å². The fourth-order valence-electron chi connectivity index (χ4n) is 2.53. The highest BCUT2D eigenvalue weighted by molar-refractivity contribution is 5.73. The molecule has 6 nitrogen and oxygen atoms in total. The molecule has 6 heteroatoms. The summed E-state index contributed by atoms with van der Waals surface area (Å²) in [6.07, 6.45) is 0.872. The summed E-state index contributed by atoms with van der Waals surface area (Å²) >= 11 is 0. The number of benzene rings is 1. The van der Waals surface area contributed by atoms with Crippen LogP contribution in [-0.2, 0) is 11.4 Å². The summed E-state index contributed by atoms with van der Waals surface area (Å²) in [7, 11) is 0. The first kappa shape index (κ1) is 14.6. The minimum absolute atomic E-state index is 0.0916. The van der Waals surface area contributed by atoms with E-state index in [1.807, 2.05) is 36.1 Å². The van der Waals surface area contributed by atoms with Gasteiger partial charge in [-0.25, -0.2) is 0 Å². The zero-order valence-corrected chi connectivity index (χ0v) is 12.8. The molecular weight excluding hydrogens is 282 g/mol. The zero-order chi connectivity index (χ0) is 15.5. The van der Waals surface area contributed by atoms with Gasteiger partial charge in [0.1, 0.15) is 5.75 Å². The third-order valence-electron chi connectivity index (χ3n) is 3.87. The molecule has 1 atom stereocenters. The van der Waals surface area contributed by atoms with Gasteiger partial charge < -0.3 is 14.2 Å². The highest BCUT2D eigenvalue weighted by Gasteiger charge is 2.29. The fraction of sp³-hybridized carbons (Fsp3) is 0.438. The van der Waals surface area contributed by atoms with Crippen LogP contribution in [0.4, 0.5) is 0 Å². The monoisotopic (exact) mass is 301 g/mol. The molecule has 3 rings (SSSR count). The Balaban J connectivity index is 1.57. The van der Waals surface area contributed by atoms with Gasteiger partial charge in [-0.3, -0.25) is 4.79 Å². The summed E-state index contributed by atoms with van der Waals surface area (Å²) in [4.78, 5) is 17.5. The Hall–Kier alpha value is -2.37. The summed E-state index contributed by atoms with van der Waals surface area (Å²) < 4.78 is 10.9. The van der Waals surface area contributed by atoms with E-state index in [-0.39, 0.29) is 18.4 Å². The molecule has 116 valence electrons. The van der Waals surface area contributed by atoms with Gasteiger partial charge in [-0.15, -0.1) is 0 Å². The average Bonchev–Trinajstić information content (AvgIpc) is 3.15. The van der Waals surface area contributed by atoms with Crippen molar-refractivity contribution in [3.8, 4) is 5.75 Å². The summed E-state index contributed by atoms with van der Waals surface area (Å²) in [6, 6.07) is 7.80. The molecule has 0 N–H and O–H groups in total. The molecular formula is C16H19N3O3. The Morgan fingerprint density at radius 3 is 2.86 bits per heavy atom. The second kappa shape index (κ2) is 6.17. The largest absolute Gasteiger partial charge is 0.484 e. The minimum Gasteiger partial charge on any atom is -0.484 e. The molecule has 1 unspecified atom stereocenters. The Labute approximate surface area is 129 Å². The lowest BCUT2D eigenvalue weighted by Gasteiger charge is -2.11. The first-order valence-corrected chi connectivity index (χ1v) is 7.39. The molecule has 1 aliphatic rings. The molecule has 0 aliphatic carbocycles. The molecule has 1 fully saturated rings. The Kier molecular flexibility index (Phi) is 4.09. The fourth-order valence-corrected chi connectivity index (χ4v) is 2.53. The third-order valence-corrected chi connectivity index (χ3v) is 3.87. The maximum atomic E-state index is 11.4. The molecule has 22 heavy (non-hydrogen) atoms. The van der Waals surface area contributed by atoms with Crippen molar-refractivity contribution in [1.29, 1.82) is 0 Å². The van der Waals surface area contributed by atoms with Gasteiger partial charge in [-0.1, -0.05) is 22.9 Å². The number of rotatable bonds is 4. The zero-order valence-electron chi connectivity index (χ0n) is 12.8. The molecule has 1 aromatic heterocycles. The normalized spacial score (nSPS) is 17.7. The van der Waals surface area contributed by atoms with Crippen molar-refractivity contribution >= 4 is 5.91 Å². The Bertz CT molecular complexity index is 651. The molecule has 0 spiro atoms. The Morgan fingerprint density at radius 1 is 1.41 bits per heavy atom. The quantitative estimate of drug-likeness (QED) is 0.866. The number of hydrogen-bond donors (Lipinski definition) is 0. The molecule has 0 bridgehead atoms. The van der Waals surface area contributed by atoms with Crippen molar-refractivity contribution in [3.63, 3.8) is 0 Å². The predicted octanol–water partition coefficient (Wildman–Crippen LogP) is 2.29. The molecule has 2 aromatic rings. The SMILES string of the molecule is CC(=O)N1CCC(c2noc(COc3ccc(C)cc3)n2)C1. The molecule has 0 saturated carbocycles. The predicted molar refractivity (Wildman–Crippen MR) is 79.4 cm³/mol. The van der Waals surface area contributed by atoms with Crippen molar-refractivity contribution in [1.82, 2.24) is 15.0 Å². The second-order valence-electron chi connectivity index (χ2n) is 5.60. The number of nitrogens with zero attached hydrogens (tertiary/aromatic N) is 3. The van der Waals surface area contributed by atoms with Gasteiger partial charge in [-0.05, 0) is 25.5 Å². The van der Waals surface area contributed by atoms with E-state index in [0.29, 0.717) is 18.3 Å². The van der Waals surface area contributed by atoms with Crippen LogP contribution in [0, 0.1) is 6.92 Å². The van der Waals surface area contributed by atoms with Crippen LogP contribution in [0.1, 0.15) is 36.5 Å². The van der Waals surface area contributed by atoms with E-state index < -0.39 is 0 Å². The van der Waals surface area contributed by atoms with Crippen LogP contribution in [0.25, 0.3) is 0 Å². The van der Waals surface area contributed by atoms with E-state index in [2.05, 4.69) is 10.1 Å². The lowest BCUT2D eigenvalue weighted by molar-refractivity contribution is -0.127. The van der Waals surface area contributed by atoms with Crippen molar-refractivity contribution in [2.45, 2.75) is 32.8 Å². The molecule has 1 amide bonds. The van der Waals surface area contributed by atoms with Crippen LogP contribution in [0.15, 0.2) is 28.8 Å². The summed E-state index contributed by atoms with van der Waals surface area (Å²) in [5.74, 6) is 2.13. The highest BCUT2D eigenvalue weighted by atomic mass is 16.5. The van der Waals surface area contributed by atoms with Crippen molar-refractivity contribution in [3.05, 3.63) is 41.5 Å². The highest BCUT2D eigenvalue weighted by Crippen LogP contribution is 2.25. The van der Waals surface area contributed by atoms with Crippen LogP contribution in [0.5, 0.6) is 5.75 Å². The van der Waals surface area contributed by atoms with Gasteiger partial charge in [-0.2, -0.15) is 4.98 Å². The first-order chi connectivity index (χ1) is 10.6. The summed E-state index contributed by atoms with van der Waals surface area (Å²) in [5.41, 5.74) is 1.18. The Morgan fingerprint density at radius 2 is 2.18 bits per heavy atom. The van der Waals surface area contributed by atoms with Crippen LogP contribution in [0.3, 0.4) is 0 Å². The molecule has 0 radical (unpaired) electrons. The second-order valence-corrected chi connectivity index (χ2v) is 5.60. The van der Waals surface area contributed by atoms with Gasteiger partial charge in [0.15, 0.2) is 12.4 Å². The number of carbonyl (C=O) groups is 1. The van der Waals surface area contributed by atoms with E-state index >= 15 is 0 Å². The van der Waals surface area contributed by atoms with E-state index in [0.717, 1.165) is 18.7 Å². The number of aromatic nitrogens is 2. The van der Waals surface area contributed by atoms with Crippen LogP contribution < -0.4 is 4.74 Å². The van der Waals surface area contributed by atoms with E-state index in [4.69, 9.17) is 9.26 Å². The maximum Gasteiger partial charge on any atom is 0.264 e. The van der Waals surface area contributed by atoms with Crippen LogP contribution in [-0.4, -0.2) is 34.0 Å². The number of amides is 1. The van der Waals surface area contributed by atoms with Crippen molar-refractivity contribution < 1.29 is 14.1 Å². The molecule has 1 saturated heterocycles. The van der Waals surface area contributed by atoms with Gasteiger partial charge in [0.25, 0.3) is 5.89 Å².